The van der Waals surface area contributed by atoms with Gasteiger partial charge in [-0.2, -0.15) is 0 Å². The molecule has 0 aromatic heterocycles. The smallest absolute Gasteiger partial charge is 0.411 e. The molecular formula is C15H19F2NO3. The van der Waals surface area contributed by atoms with Gasteiger partial charge in [-0.25, -0.2) is 13.6 Å². The molecule has 0 radical (unpaired) electrons. The first kappa shape index (κ1) is 17.1. The van der Waals surface area contributed by atoms with E-state index in [2.05, 4.69) is 0 Å². The second-order valence-corrected chi connectivity index (χ2v) is 5.96. The molecular weight excluding hydrogens is 280 g/mol. The van der Waals surface area contributed by atoms with Gasteiger partial charge in [0.15, 0.2) is 0 Å². The molecule has 116 valence electrons. The molecule has 1 rings (SSSR count). The van der Waals surface area contributed by atoms with Crippen molar-refractivity contribution in [3.8, 4) is 0 Å². The maximum atomic E-state index is 13.3. The third kappa shape index (κ3) is 4.00. The Hall–Kier alpha value is -1.98. The molecule has 0 heterocycles. The van der Waals surface area contributed by atoms with Crippen LogP contribution in [0.1, 0.15) is 33.3 Å². The molecule has 6 heteroatoms. The van der Waals surface area contributed by atoms with E-state index >= 15 is 0 Å². The number of aldehydes is 1. The summed E-state index contributed by atoms with van der Waals surface area (Å²) in [6.07, 6.45) is -0.313. The van der Waals surface area contributed by atoms with Crippen LogP contribution < -0.4 is 0 Å². The first-order valence-electron chi connectivity index (χ1n) is 6.39. The van der Waals surface area contributed by atoms with Crippen LogP contribution in [0.25, 0.3) is 0 Å². The van der Waals surface area contributed by atoms with Gasteiger partial charge in [0.2, 0.25) is 0 Å². The predicted molar refractivity (Wildman–Crippen MR) is 73.8 cm³/mol. The topological polar surface area (TPSA) is 46.6 Å². The Labute approximate surface area is 122 Å². The molecule has 0 spiro atoms. The fourth-order valence-corrected chi connectivity index (χ4v) is 1.71. The SMILES string of the molecule is CN(C(=O)OC(C)(C)C)C(C)(C=O)c1cc(F)cc(F)c1. The fourth-order valence-electron chi connectivity index (χ4n) is 1.71. The minimum atomic E-state index is -1.54. The molecule has 0 saturated heterocycles. The lowest BCUT2D eigenvalue weighted by molar-refractivity contribution is -0.117. The standard InChI is InChI=1S/C15H19F2NO3/c1-14(2,3)21-13(20)18(5)15(4,9-19)10-6-11(16)8-12(17)7-10/h6-9H,1-5H3. The average molecular weight is 299 g/mol. The highest BCUT2D eigenvalue weighted by Gasteiger charge is 2.37. The molecule has 1 aromatic rings. The number of likely N-dealkylation sites (N-methyl/N-ethyl adjacent to an activating group) is 1. The Kier molecular flexibility index (Phi) is 4.71. The normalized spacial score (nSPS) is 14.2. The molecule has 1 amide bonds. The zero-order valence-electron chi connectivity index (χ0n) is 12.7. The van der Waals surface area contributed by atoms with Gasteiger partial charge in [0.25, 0.3) is 0 Å². The number of benzene rings is 1. The maximum Gasteiger partial charge on any atom is 0.411 e. The van der Waals surface area contributed by atoms with Gasteiger partial charge >= 0.3 is 6.09 Å². The van der Waals surface area contributed by atoms with E-state index in [1.807, 2.05) is 0 Å². The van der Waals surface area contributed by atoms with Crippen molar-refractivity contribution in [3.63, 3.8) is 0 Å². The second-order valence-electron chi connectivity index (χ2n) is 5.96. The summed E-state index contributed by atoms with van der Waals surface area (Å²) in [5.41, 5.74) is -2.25. The van der Waals surface area contributed by atoms with E-state index < -0.39 is 28.9 Å². The van der Waals surface area contributed by atoms with Crippen LogP contribution in [0.15, 0.2) is 18.2 Å². The number of carbonyl (C=O) groups excluding carboxylic acids is 2. The van der Waals surface area contributed by atoms with Gasteiger partial charge in [0.1, 0.15) is 29.1 Å². The summed E-state index contributed by atoms with van der Waals surface area (Å²) in [5.74, 6) is -1.65. The van der Waals surface area contributed by atoms with Crippen LogP contribution in [0.4, 0.5) is 13.6 Å². The first-order valence-corrected chi connectivity index (χ1v) is 6.39. The predicted octanol–water partition coefficient (Wildman–Crippen LogP) is 3.25. The lowest BCUT2D eigenvalue weighted by atomic mass is 9.92. The summed E-state index contributed by atoms with van der Waals surface area (Å²) < 4.78 is 31.8. The van der Waals surface area contributed by atoms with E-state index in [4.69, 9.17) is 4.74 Å². The van der Waals surface area contributed by atoms with Crippen molar-refractivity contribution in [3.05, 3.63) is 35.4 Å². The molecule has 0 aliphatic rings. The van der Waals surface area contributed by atoms with Crippen molar-refractivity contribution in [1.29, 1.82) is 0 Å². The summed E-state index contributed by atoms with van der Waals surface area (Å²) >= 11 is 0. The summed E-state index contributed by atoms with van der Waals surface area (Å²) in [7, 11) is 1.34. The Morgan fingerprint density at radius 3 is 2.00 bits per heavy atom. The van der Waals surface area contributed by atoms with Gasteiger partial charge in [0, 0.05) is 13.1 Å². The van der Waals surface area contributed by atoms with Crippen molar-refractivity contribution in [1.82, 2.24) is 4.90 Å². The number of hydrogen-bond acceptors (Lipinski definition) is 3. The molecule has 0 N–H and O–H groups in total. The summed E-state index contributed by atoms with van der Waals surface area (Å²) in [4.78, 5) is 24.5. The molecule has 0 fully saturated rings. The Morgan fingerprint density at radius 1 is 1.14 bits per heavy atom. The molecule has 0 aliphatic carbocycles. The Balaban J connectivity index is 3.19. The number of rotatable bonds is 3. The van der Waals surface area contributed by atoms with Gasteiger partial charge in [-0.05, 0) is 45.4 Å². The quantitative estimate of drug-likeness (QED) is 0.805. The number of halogens is 2. The lowest BCUT2D eigenvalue weighted by Gasteiger charge is -2.35. The van der Waals surface area contributed by atoms with Crippen LogP contribution >= 0.6 is 0 Å². The molecule has 0 bridgehead atoms. The molecule has 0 saturated carbocycles. The Bertz CT molecular complexity index is 534. The van der Waals surface area contributed by atoms with E-state index in [0.717, 1.165) is 17.0 Å². The van der Waals surface area contributed by atoms with Crippen molar-refractivity contribution in [2.45, 2.75) is 38.8 Å². The molecule has 1 aromatic carbocycles. The first-order chi connectivity index (χ1) is 9.49. The maximum absolute atomic E-state index is 13.3. The molecule has 21 heavy (non-hydrogen) atoms. The molecule has 1 atom stereocenters. The van der Waals surface area contributed by atoms with E-state index in [1.165, 1.54) is 14.0 Å². The highest BCUT2D eigenvalue weighted by molar-refractivity contribution is 5.77. The van der Waals surface area contributed by atoms with E-state index in [0.29, 0.717) is 12.4 Å². The van der Waals surface area contributed by atoms with E-state index in [9.17, 15) is 18.4 Å². The third-order valence-corrected chi connectivity index (χ3v) is 3.04. The van der Waals surface area contributed by atoms with Crippen molar-refractivity contribution in [2.75, 3.05) is 7.05 Å². The van der Waals surface area contributed by atoms with Crippen LogP contribution in [-0.2, 0) is 15.1 Å². The lowest BCUT2D eigenvalue weighted by Crippen LogP contribution is -2.48. The molecule has 4 nitrogen and oxygen atoms in total. The summed E-state index contributed by atoms with van der Waals surface area (Å²) in [6, 6.07) is 2.72. The largest absolute Gasteiger partial charge is 0.444 e. The zero-order chi connectivity index (χ0) is 16.4. The van der Waals surface area contributed by atoms with Gasteiger partial charge in [-0.1, -0.05) is 0 Å². The van der Waals surface area contributed by atoms with Crippen molar-refractivity contribution < 1.29 is 23.1 Å². The van der Waals surface area contributed by atoms with Crippen LogP contribution in [-0.4, -0.2) is 29.9 Å². The van der Waals surface area contributed by atoms with Crippen LogP contribution in [0.2, 0.25) is 0 Å². The van der Waals surface area contributed by atoms with Crippen LogP contribution in [0.5, 0.6) is 0 Å². The highest BCUT2D eigenvalue weighted by Crippen LogP contribution is 2.28. The van der Waals surface area contributed by atoms with Crippen molar-refractivity contribution in [2.24, 2.45) is 0 Å². The van der Waals surface area contributed by atoms with E-state index in [-0.39, 0.29) is 5.56 Å². The van der Waals surface area contributed by atoms with Crippen LogP contribution in [0.3, 0.4) is 0 Å². The van der Waals surface area contributed by atoms with Gasteiger partial charge in [0.05, 0.1) is 0 Å². The number of amides is 1. The van der Waals surface area contributed by atoms with E-state index in [1.54, 1.807) is 20.8 Å². The van der Waals surface area contributed by atoms with Crippen LogP contribution in [0, 0.1) is 11.6 Å². The minimum Gasteiger partial charge on any atom is -0.444 e. The number of hydrogen-bond donors (Lipinski definition) is 0. The Morgan fingerprint density at radius 2 is 1.62 bits per heavy atom. The molecule has 0 aliphatic heterocycles. The minimum absolute atomic E-state index is 0.0309. The van der Waals surface area contributed by atoms with Gasteiger partial charge < -0.3 is 9.53 Å². The zero-order valence-corrected chi connectivity index (χ0v) is 12.7. The second kappa shape index (κ2) is 5.79. The molecule has 1 unspecified atom stereocenters. The number of ether oxygens (including phenoxy) is 1. The number of nitrogens with zero attached hydrogens (tertiary/aromatic N) is 1. The summed E-state index contributed by atoms with van der Waals surface area (Å²) in [6.45, 7) is 6.43. The fraction of sp³-hybridized carbons (Fsp3) is 0.467. The third-order valence-electron chi connectivity index (χ3n) is 3.04. The number of carbonyl (C=O) groups is 2. The van der Waals surface area contributed by atoms with Gasteiger partial charge in [-0.3, -0.25) is 4.90 Å². The summed E-state index contributed by atoms with van der Waals surface area (Å²) in [5, 5.41) is 0. The van der Waals surface area contributed by atoms with Gasteiger partial charge in [-0.15, -0.1) is 0 Å². The average Bonchev–Trinajstić information content (AvgIpc) is 2.33. The monoisotopic (exact) mass is 299 g/mol. The van der Waals surface area contributed by atoms with Crippen molar-refractivity contribution >= 4 is 12.4 Å². The highest BCUT2D eigenvalue weighted by atomic mass is 19.1.